The molecule has 0 radical (unpaired) electrons. The topological polar surface area (TPSA) is 67.1 Å². The van der Waals surface area contributed by atoms with Crippen LogP contribution in [0.2, 0.25) is 0 Å². The number of aromatic carboxylic acids is 1. The normalized spacial score (nSPS) is 13.9. The standard InChI is InChI=1S/C10H9N3O2/c14-9(15)6-1-2-7-8(5-6)13-4-3-11-10(13)12-7/h1-2,5H,3-4H2,(H,11,12)(H,14,15). The second-order valence-corrected chi connectivity index (χ2v) is 3.52. The van der Waals surface area contributed by atoms with E-state index in [-0.39, 0.29) is 0 Å². The second kappa shape index (κ2) is 2.73. The van der Waals surface area contributed by atoms with Gasteiger partial charge in [0.1, 0.15) is 0 Å². The summed E-state index contributed by atoms with van der Waals surface area (Å²) < 4.78 is 2.00. The number of imidazole rings is 1. The Bertz CT molecular complexity index is 559. The summed E-state index contributed by atoms with van der Waals surface area (Å²) in [6.45, 7) is 1.70. The quantitative estimate of drug-likeness (QED) is 0.729. The highest BCUT2D eigenvalue weighted by molar-refractivity contribution is 5.93. The minimum atomic E-state index is -0.904. The zero-order valence-electron chi connectivity index (χ0n) is 7.90. The van der Waals surface area contributed by atoms with Crippen LogP contribution in [-0.4, -0.2) is 27.2 Å². The third kappa shape index (κ3) is 1.09. The number of benzene rings is 1. The van der Waals surface area contributed by atoms with Crippen LogP contribution in [0.1, 0.15) is 10.4 Å². The van der Waals surface area contributed by atoms with Crippen LogP contribution in [0.5, 0.6) is 0 Å². The first kappa shape index (κ1) is 8.28. The third-order valence-electron chi connectivity index (χ3n) is 2.61. The van der Waals surface area contributed by atoms with Gasteiger partial charge >= 0.3 is 5.97 Å². The zero-order chi connectivity index (χ0) is 10.4. The van der Waals surface area contributed by atoms with E-state index in [0.717, 1.165) is 30.1 Å². The molecule has 1 aromatic heterocycles. The molecule has 2 aromatic rings. The van der Waals surface area contributed by atoms with Gasteiger partial charge in [-0.05, 0) is 18.2 Å². The lowest BCUT2D eigenvalue weighted by molar-refractivity contribution is 0.0697. The van der Waals surface area contributed by atoms with E-state index in [9.17, 15) is 4.79 Å². The Morgan fingerprint density at radius 1 is 1.53 bits per heavy atom. The third-order valence-corrected chi connectivity index (χ3v) is 2.61. The molecule has 2 heterocycles. The smallest absolute Gasteiger partial charge is 0.335 e. The van der Waals surface area contributed by atoms with Crippen molar-refractivity contribution >= 4 is 23.0 Å². The number of carboxylic acids is 1. The molecule has 15 heavy (non-hydrogen) atoms. The number of carboxylic acid groups (broad SMARTS) is 1. The first-order valence-electron chi connectivity index (χ1n) is 4.73. The van der Waals surface area contributed by atoms with E-state index in [1.165, 1.54) is 0 Å². The fourth-order valence-electron chi connectivity index (χ4n) is 1.90. The summed E-state index contributed by atoms with van der Waals surface area (Å²) in [7, 11) is 0. The number of rotatable bonds is 1. The average molecular weight is 203 g/mol. The van der Waals surface area contributed by atoms with Crippen LogP contribution in [0.15, 0.2) is 18.2 Å². The Balaban J connectivity index is 2.29. The molecule has 1 aliphatic rings. The van der Waals surface area contributed by atoms with Gasteiger partial charge in [0.05, 0.1) is 16.6 Å². The van der Waals surface area contributed by atoms with Gasteiger partial charge in [0, 0.05) is 13.1 Å². The Labute approximate surface area is 85.3 Å². The van der Waals surface area contributed by atoms with Crippen molar-refractivity contribution in [2.75, 3.05) is 11.9 Å². The molecular formula is C10H9N3O2. The molecule has 1 aromatic carbocycles. The van der Waals surface area contributed by atoms with Crippen LogP contribution in [0.3, 0.4) is 0 Å². The van der Waals surface area contributed by atoms with Crippen LogP contribution >= 0.6 is 0 Å². The molecule has 0 atom stereocenters. The molecule has 0 saturated heterocycles. The van der Waals surface area contributed by atoms with E-state index in [0.29, 0.717) is 5.56 Å². The van der Waals surface area contributed by atoms with Gasteiger partial charge < -0.3 is 15.0 Å². The van der Waals surface area contributed by atoms with E-state index in [1.54, 1.807) is 18.2 Å². The molecule has 0 fully saturated rings. The lowest BCUT2D eigenvalue weighted by atomic mass is 10.2. The summed E-state index contributed by atoms with van der Waals surface area (Å²) in [5.74, 6) is -0.0778. The van der Waals surface area contributed by atoms with Crippen LogP contribution in [-0.2, 0) is 6.54 Å². The summed E-state index contributed by atoms with van der Waals surface area (Å²) in [6.07, 6.45) is 0. The Morgan fingerprint density at radius 2 is 2.40 bits per heavy atom. The first-order chi connectivity index (χ1) is 7.25. The summed E-state index contributed by atoms with van der Waals surface area (Å²) in [6, 6.07) is 4.99. The number of aromatic nitrogens is 2. The zero-order valence-corrected chi connectivity index (χ0v) is 7.90. The maximum atomic E-state index is 10.8. The van der Waals surface area contributed by atoms with E-state index < -0.39 is 5.97 Å². The Kier molecular flexibility index (Phi) is 1.50. The monoisotopic (exact) mass is 203 g/mol. The molecule has 0 saturated carbocycles. The lowest BCUT2D eigenvalue weighted by Crippen LogP contribution is -1.98. The molecule has 2 N–H and O–H groups in total. The van der Waals surface area contributed by atoms with Crippen molar-refractivity contribution in [1.29, 1.82) is 0 Å². The highest BCUT2D eigenvalue weighted by atomic mass is 16.4. The molecule has 0 aliphatic carbocycles. The van der Waals surface area contributed by atoms with Gasteiger partial charge in [-0.3, -0.25) is 0 Å². The summed E-state index contributed by atoms with van der Waals surface area (Å²) >= 11 is 0. The van der Waals surface area contributed by atoms with Crippen molar-refractivity contribution in [2.24, 2.45) is 0 Å². The minimum Gasteiger partial charge on any atom is -0.478 e. The molecule has 76 valence electrons. The van der Waals surface area contributed by atoms with Gasteiger partial charge in [-0.15, -0.1) is 0 Å². The highest BCUT2D eigenvalue weighted by Crippen LogP contribution is 2.23. The number of hydrogen-bond acceptors (Lipinski definition) is 3. The lowest BCUT2D eigenvalue weighted by Gasteiger charge is -1.98. The second-order valence-electron chi connectivity index (χ2n) is 3.52. The summed E-state index contributed by atoms with van der Waals surface area (Å²) in [5, 5.41) is 12.0. The van der Waals surface area contributed by atoms with Crippen LogP contribution in [0.4, 0.5) is 5.95 Å². The van der Waals surface area contributed by atoms with Gasteiger partial charge in [0.15, 0.2) is 0 Å². The predicted octanol–water partition coefficient (Wildman–Crippen LogP) is 1.16. The molecule has 5 heteroatoms. The summed E-state index contributed by atoms with van der Waals surface area (Å²) in [5.41, 5.74) is 2.02. The van der Waals surface area contributed by atoms with Gasteiger partial charge in [-0.25, -0.2) is 9.78 Å². The van der Waals surface area contributed by atoms with Gasteiger partial charge in [0.2, 0.25) is 5.95 Å². The molecule has 0 amide bonds. The maximum Gasteiger partial charge on any atom is 0.335 e. The van der Waals surface area contributed by atoms with E-state index in [1.807, 2.05) is 4.57 Å². The minimum absolute atomic E-state index is 0.303. The molecule has 5 nitrogen and oxygen atoms in total. The fraction of sp³-hybridized carbons (Fsp3) is 0.200. The van der Waals surface area contributed by atoms with Crippen molar-refractivity contribution in [2.45, 2.75) is 6.54 Å². The van der Waals surface area contributed by atoms with Gasteiger partial charge in [0.25, 0.3) is 0 Å². The SMILES string of the molecule is O=C(O)c1ccc2nc3n(c2c1)CCN3. The van der Waals surface area contributed by atoms with Crippen molar-refractivity contribution in [3.05, 3.63) is 23.8 Å². The molecule has 3 rings (SSSR count). The highest BCUT2D eigenvalue weighted by Gasteiger charge is 2.16. The fourth-order valence-corrected chi connectivity index (χ4v) is 1.90. The van der Waals surface area contributed by atoms with Gasteiger partial charge in [-0.1, -0.05) is 0 Å². The molecule has 0 spiro atoms. The molecule has 0 unspecified atom stereocenters. The Morgan fingerprint density at radius 3 is 3.20 bits per heavy atom. The maximum absolute atomic E-state index is 10.8. The van der Waals surface area contributed by atoms with Gasteiger partial charge in [-0.2, -0.15) is 0 Å². The van der Waals surface area contributed by atoms with Crippen molar-refractivity contribution in [1.82, 2.24) is 9.55 Å². The first-order valence-corrected chi connectivity index (χ1v) is 4.73. The van der Waals surface area contributed by atoms with E-state index in [2.05, 4.69) is 10.3 Å². The number of anilines is 1. The number of carbonyl (C=O) groups is 1. The van der Waals surface area contributed by atoms with Crippen molar-refractivity contribution in [3.8, 4) is 0 Å². The molecular weight excluding hydrogens is 194 g/mol. The number of fused-ring (bicyclic) bond motifs is 3. The molecule has 0 bridgehead atoms. The van der Waals surface area contributed by atoms with Crippen molar-refractivity contribution in [3.63, 3.8) is 0 Å². The van der Waals surface area contributed by atoms with Crippen LogP contribution in [0, 0.1) is 0 Å². The molecule has 1 aliphatic heterocycles. The van der Waals surface area contributed by atoms with E-state index in [4.69, 9.17) is 5.11 Å². The van der Waals surface area contributed by atoms with Crippen LogP contribution in [0.25, 0.3) is 11.0 Å². The number of nitrogens with zero attached hydrogens (tertiary/aromatic N) is 2. The van der Waals surface area contributed by atoms with Crippen molar-refractivity contribution < 1.29 is 9.90 Å². The van der Waals surface area contributed by atoms with Crippen LogP contribution < -0.4 is 5.32 Å². The summed E-state index contributed by atoms with van der Waals surface area (Å²) in [4.78, 5) is 15.2. The Hall–Kier alpha value is -2.04. The number of hydrogen-bond donors (Lipinski definition) is 2. The predicted molar refractivity (Wildman–Crippen MR) is 55.2 cm³/mol. The van der Waals surface area contributed by atoms with E-state index >= 15 is 0 Å². The average Bonchev–Trinajstić information content (AvgIpc) is 2.75. The largest absolute Gasteiger partial charge is 0.478 e. The number of nitrogens with one attached hydrogen (secondary N) is 1.